The predicted octanol–water partition coefficient (Wildman–Crippen LogP) is 4.35. The third kappa shape index (κ3) is 3.86. The Hall–Kier alpha value is -3.19. The van der Waals surface area contributed by atoms with Gasteiger partial charge in [0.15, 0.2) is 0 Å². The zero-order chi connectivity index (χ0) is 20.8. The minimum Gasteiger partial charge on any atom is -0.366 e. The van der Waals surface area contributed by atoms with Gasteiger partial charge < -0.3 is 11.5 Å². The highest BCUT2D eigenvalue weighted by molar-refractivity contribution is 5.93. The van der Waals surface area contributed by atoms with Crippen LogP contribution in [-0.2, 0) is 6.18 Å². The summed E-state index contributed by atoms with van der Waals surface area (Å²) in [6.07, 6.45) is -3.60. The maximum atomic E-state index is 13.1. The van der Waals surface area contributed by atoms with Crippen LogP contribution in [0.2, 0.25) is 0 Å². The van der Waals surface area contributed by atoms with E-state index in [0.29, 0.717) is 22.5 Å². The quantitative estimate of drug-likeness (QED) is 0.687. The molecule has 4 nitrogen and oxygen atoms in total. The summed E-state index contributed by atoms with van der Waals surface area (Å²) >= 11 is 0. The molecule has 0 unspecified atom stereocenters. The van der Waals surface area contributed by atoms with Crippen molar-refractivity contribution in [3.05, 3.63) is 77.4 Å². The van der Waals surface area contributed by atoms with E-state index in [1.54, 1.807) is 36.4 Å². The Kier molecular flexibility index (Phi) is 4.62. The Morgan fingerprint density at radius 1 is 1.00 bits per heavy atom. The Labute approximate surface area is 165 Å². The van der Waals surface area contributed by atoms with Crippen LogP contribution in [0.4, 0.5) is 13.2 Å². The number of aromatic nitrogens is 1. The molecule has 7 heteroatoms. The Morgan fingerprint density at radius 2 is 1.69 bits per heavy atom. The maximum Gasteiger partial charge on any atom is 0.416 e. The number of nitrogens with zero attached hydrogens (tertiary/aromatic N) is 1. The first-order valence-corrected chi connectivity index (χ1v) is 9.08. The molecule has 4 rings (SSSR count). The molecule has 0 aliphatic heterocycles. The smallest absolute Gasteiger partial charge is 0.366 e. The highest BCUT2D eigenvalue weighted by Gasteiger charge is 2.37. The molecule has 1 heterocycles. The molecule has 3 aromatic rings. The summed E-state index contributed by atoms with van der Waals surface area (Å²) in [5.41, 5.74) is 14.1. The molecule has 1 saturated carbocycles. The highest BCUT2D eigenvalue weighted by atomic mass is 19.4. The molecule has 1 amide bonds. The molecule has 0 saturated heterocycles. The predicted molar refractivity (Wildman–Crippen MR) is 104 cm³/mol. The van der Waals surface area contributed by atoms with Crippen LogP contribution >= 0.6 is 0 Å². The lowest BCUT2D eigenvalue weighted by Crippen LogP contribution is -2.10. The molecule has 29 heavy (non-hydrogen) atoms. The molecule has 1 aromatic heterocycles. The van der Waals surface area contributed by atoms with Crippen LogP contribution in [0.25, 0.3) is 22.5 Å². The van der Waals surface area contributed by atoms with Gasteiger partial charge in [-0.15, -0.1) is 0 Å². The van der Waals surface area contributed by atoms with Crippen LogP contribution in [0, 0.1) is 0 Å². The van der Waals surface area contributed by atoms with Crippen molar-refractivity contribution in [2.75, 3.05) is 0 Å². The zero-order valence-electron chi connectivity index (χ0n) is 15.3. The van der Waals surface area contributed by atoms with Gasteiger partial charge in [-0.05, 0) is 42.3 Å². The number of benzene rings is 2. The molecular weight excluding hydrogens is 379 g/mol. The Bertz CT molecular complexity index is 1080. The lowest BCUT2D eigenvalue weighted by atomic mass is 9.98. The fourth-order valence-corrected chi connectivity index (χ4v) is 3.38. The molecular formula is C22H18F3N3O. The number of amides is 1. The van der Waals surface area contributed by atoms with E-state index >= 15 is 0 Å². The highest BCUT2D eigenvalue weighted by Crippen LogP contribution is 2.43. The van der Waals surface area contributed by atoms with Crippen molar-refractivity contribution in [2.45, 2.75) is 24.6 Å². The summed E-state index contributed by atoms with van der Waals surface area (Å²) in [6.45, 7) is 0. The summed E-state index contributed by atoms with van der Waals surface area (Å²) in [6, 6.07) is 15.4. The van der Waals surface area contributed by atoms with Gasteiger partial charge in [-0.2, -0.15) is 13.2 Å². The fourth-order valence-electron chi connectivity index (χ4n) is 3.38. The van der Waals surface area contributed by atoms with Crippen LogP contribution in [0.15, 0.2) is 60.7 Å². The third-order valence-corrected chi connectivity index (χ3v) is 5.09. The van der Waals surface area contributed by atoms with Gasteiger partial charge in [-0.1, -0.05) is 30.3 Å². The van der Waals surface area contributed by atoms with Crippen molar-refractivity contribution < 1.29 is 18.0 Å². The first-order chi connectivity index (χ1) is 13.7. The summed E-state index contributed by atoms with van der Waals surface area (Å²) in [4.78, 5) is 16.0. The lowest BCUT2D eigenvalue weighted by Gasteiger charge is -2.13. The molecule has 148 valence electrons. The number of primary amides is 1. The standard InChI is InChI=1S/C22H18F3N3O/c23-22(24,25)15-3-1-2-14(10-15)19-9-8-16(17-11-18(17)26)20(28-19)12-4-6-13(7-5-12)21(27)29/h1-10,17-18H,11,26H2,(H2,27,29)/t17-,18+/m0/s1. The van der Waals surface area contributed by atoms with E-state index in [9.17, 15) is 18.0 Å². The maximum absolute atomic E-state index is 13.1. The van der Waals surface area contributed by atoms with Gasteiger partial charge in [0.05, 0.1) is 17.0 Å². The van der Waals surface area contributed by atoms with Gasteiger partial charge in [0.25, 0.3) is 0 Å². The molecule has 1 aliphatic rings. The molecule has 0 radical (unpaired) electrons. The van der Waals surface area contributed by atoms with Crippen LogP contribution in [0.5, 0.6) is 0 Å². The summed E-state index contributed by atoms with van der Waals surface area (Å²) < 4.78 is 39.2. The van der Waals surface area contributed by atoms with Gasteiger partial charge in [0.2, 0.25) is 5.91 Å². The lowest BCUT2D eigenvalue weighted by molar-refractivity contribution is -0.137. The van der Waals surface area contributed by atoms with Gasteiger partial charge in [-0.3, -0.25) is 4.79 Å². The number of pyridine rings is 1. The monoisotopic (exact) mass is 397 g/mol. The largest absolute Gasteiger partial charge is 0.416 e. The fraction of sp³-hybridized carbons (Fsp3) is 0.182. The van der Waals surface area contributed by atoms with Crippen LogP contribution < -0.4 is 11.5 Å². The average molecular weight is 397 g/mol. The third-order valence-electron chi connectivity index (χ3n) is 5.09. The van der Waals surface area contributed by atoms with Crippen LogP contribution in [-0.4, -0.2) is 16.9 Å². The Morgan fingerprint density at radius 3 is 2.28 bits per heavy atom. The van der Waals surface area contributed by atoms with Crippen molar-refractivity contribution in [2.24, 2.45) is 11.5 Å². The van der Waals surface area contributed by atoms with E-state index in [1.807, 2.05) is 6.07 Å². The molecule has 0 bridgehead atoms. The van der Waals surface area contributed by atoms with Crippen LogP contribution in [0.3, 0.4) is 0 Å². The van der Waals surface area contributed by atoms with Crippen molar-refractivity contribution in [3.8, 4) is 22.5 Å². The number of halogens is 3. The molecule has 2 atom stereocenters. The number of carbonyl (C=O) groups excluding carboxylic acids is 1. The number of hydrogen-bond donors (Lipinski definition) is 2. The molecule has 2 aromatic carbocycles. The zero-order valence-corrected chi connectivity index (χ0v) is 15.3. The van der Waals surface area contributed by atoms with Crippen molar-refractivity contribution in [3.63, 3.8) is 0 Å². The summed E-state index contributed by atoms with van der Waals surface area (Å²) in [7, 11) is 0. The van der Waals surface area contributed by atoms with Gasteiger partial charge >= 0.3 is 6.18 Å². The first kappa shape index (κ1) is 19.1. The van der Waals surface area contributed by atoms with Crippen LogP contribution in [0.1, 0.15) is 33.8 Å². The van der Waals surface area contributed by atoms with E-state index in [0.717, 1.165) is 29.7 Å². The minimum absolute atomic E-state index is 0.0415. The topological polar surface area (TPSA) is 82.0 Å². The number of alkyl halides is 3. The summed E-state index contributed by atoms with van der Waals surface area (Å²) in [5.74, 6) is -0.379. The molecule has 0 spiro atoms. The number of rotatable bonds is 4. The van der Waals surface area contributed by atoms with E-state index in [2.05, 4.69) is 4.98 Å². The first-order valence-electron chi connectivity index (χ1n) is 9.08. The van der Waals surface area contributed by atoms with E-state index in [4.69, 9.17) is 11.5 Å². The number of carbonyl (C=O) groups is 1. The van der Waals surface area contributed by atoms with Gasteiger partial charge in [0, 0.05) is 28.7 Å². The second-order valence-corrected chi connectivity index (χ2v) is 7.16. The number of hydrogen-bond acceptors (Lipinski definition) is 3. The SMILES string of the molecule is NC(=O)c1ccc(-c2nc(-c3cccc(C(F)(F)F)c3)ccc2[C@@H]2C[C@H]2N)cc1. The second kappa shape index (κ2) is 7.00. The molecule has 1 fully saturated rings. The average Bonchev–Trinajstić information content (AvgIpc) is 3.43. The van der Waals surface area contributed by atoms with E-state index in [1.165, 1.54) is 6.07 Å². The number of nitrogens with two attached hydrogens (primary N) is 2. The second-order valence-electron chi connectivity index (χ2n) is 7.16. The van der Waals surface area contributed by atoms with E-state index < -0.39 is 17.6 Å². The molecule has 1 aliphatic carbocycles. The van der Waals surface area contributed by atoms with Crippen molar-refractivity contribution >= 4 is 5.91 Å². The van der Waals surface area contributed by atoms with Gasteiger partial charge in [0.1, 0.15) is 0 Å². The minimum atomic E-state index is -4.43. The summed E-state index contributed by atoms with van der Waals surface area (Å²) in [5, 5.41) is 0. The Balaban J connectivity index is 1.80. The van der Waals surface area contributed by atoms with Gasteiger partial charge in [-0.25, -0.2) is 4.98 Å². The van der Waals surface area contributed by atoms with Crippen molar-refractivity contribution in [1.29, 1.82) is 0 Å². The molecule has 4 N–H and O–H groups in total. The van der Waals surface area contributed by atoms with Crippen molar-refractivity contribution in [1.82, 2.24) is 4.98 Å². The normalized spacial score (nSPS) is 18.5. The van der Waals surface area contributed by atoms with E-state index in [-0.39, 0.29) is 12.0 Å².